The molecule has 1 heterocycles. The Labute approximate surface area is 99.3 Å². The Morgan fingerprint density at radius 2 is 1.94 bits per heavy atom. The molecule has 0 radical (unpaired) electrons. The third-order valence-electron chi connectivity index (χ3n) is 3.61. The Morgan fingerprint density at radius 3 is 2.71 bits per heavy atom. The summed E-state index contributed by atoms with van der Waals surface area (Å²) in [5.41, 5.74) is 0.903. The summed E-state index contributed by atoms with van der Waals surface area (Å²) in [7, 11) is 0. The predicted octanol–water partition coefficient (Wildman–Crippen LogP) is 2.09. The number of fused-ring (bicyclic) bond motifs is 1. The molecule has 3 heteroatoms. The van der Waals surface area contributed by atoms with Crippen molar-refractivity contribution < 1.29 is 5.11 Å². The minimum Gasteiger partial charge on any atom is -0.391 e. The standard InChI is InChI=1S/C14H15NO2/c16-13-7-3-6-12(13)15-11-5-2-1-4-10(11)8-9-14(15)17/h1-2,4-5,8-9,12-13,16H,3,6-7H2/t12-,13-/m0/s1. The zero-order chi connectivity index (χ0) is 11.8. The van der Waals surface area contributed by atoms with Crippen molar-refractivity contribution in [2.45, 2.75) is 31.4 Å². The third kappa shape index (κ3) is 1.67. The highest BCUT2D eigenvalue weighted by molar-refractivity contribution is 5.78. The average Bonchev–Trinajstić information content (AvgIpc) is 2.75. The molecule has 0 amide bonds. The third-order valence-corrected chi connectivity index (χ3v) is 3.61. The van der Waals surface area contributed by atoms with Gasteiger partial charge in [0.15, 0.2) is 0 Å². The van der Waals surface area contributed by atoms with Crippen molar-refractivity contribution in [1.29, 1.82) is 0 Å². The Bertz CT molecular complexity index is 602. The molecule has 1 aromatic heterocycles. The van der Waals surface area contributed by atoms with E-state index in [0.29, 0.717) is 0 Å². The fraction of sp³-hybridized carbons (Fsp3) is 0.357. The Balaban J connectivity index is 2.26. The summed E-state index contributed by atoms with van der Waals surface area (Å²) in [5.74, 6) is 0. The Hall–Kier alpha value is -1.61. The second kappa shape index (κ2) is 4.00. The number of aromatic nitrogens is 1. The molecule has 2 aromatic rings. The lowest BCUT2D eigenvalue weighted by Gasteiger charge is -2.20. The van der Waals surface area contributed by atoms with Crippen LogP contribution in [0.1, 0.15) is 25.3 Å². The van der Waals surface area contributed by atoms with Crippen LogP contribution in [0.15, 0.2) is 41.2 Å². The van der Waals surface area contributed by atoms with E-state index in [4.69, 9.17) is 0 Å². The Kier molecular flexibility index (Phi) is 2.48. The van der Waals surface area contributed by atoms with E-state index in [1.165, 1.54) is 0 Å². The first-order valence-electron chi connectivity index (χ1n) is 6.06. The number of hydrogen-bond donors (Lipinski definition) is 1. The highest BCUT2D eigenvalue weighted by Crippen LogP contribution is 2.31. The molecule has 2 atom stereocenters. The second-order valence-corrected chi connectivity index (χ2v) is 4.67. The quantitative estimate of drug-likeness (QED) is 0.813. The van der Waals surface area contributed by atoms with Crippen LogP contribution in [0.2, 0.25) is 0 Å². The van der Waals surface area contributed by atoms with Gasteiger partial charge in [0.05, 0.1) is 17.7 Å². The molecular weight excluding hydrogens is 214 g/mol. The fourth-order valence-electron chi connectivity index (χ4n) is 2.77. The molecule has 1 aliphatic rings. The maximum atomic E-state index is 12.0. The molecule has 0 saturated heterocycles. The zero-order valence-electron chi connectivity index (χ0n) is 9.54. The van der Waals surface area contributed by atoms with Gasteiger partial charge in [-0.1, -0.05) is 18.2 Å². The minimum absolute atomic E-state index is 0.0188. The summed E-state index contributed by atoms with van der Waals surface area (Å²) in [6.07, 6.45) is 2.27. The highest BCUT2D eigenvalue weighted by atomic mass is 16.3. The molecule has 1 fully saturated rings. The van der Waals surface area contributed by atoms with Gasteiger partial charge in [-0.3, -0.25) is 4.79 Å². The van der Waals surface area contributed by atoms with E-state index in [9.17, 15) is 9.90 Å². The lowest BCUT2D eigenvalue weighted by Crippen LogP contribution is -2.28. The molecular formula is C14H15NO2. The SMILES string of the molecule is O=c1ccc2ccccc2n1[C@H]1CCC[C@@H]1O. The molecule has 0 bridgehead atoms. The van der Waals surface area contributed by atoms with Crippen LogP contribution in [0.5, 0.6) is 0 Å². The van der Waals surface area contributed by atoms with E-state index in [-0.39, 0.29) is 11.6 Å². The average molecular weight is 229 g/mol. The van der Waals surface area contributed by atoms with Gasteiger partial charge in [0.1, 0.15) is 0 Å². The Morgan fingerprint density at radius 1 is 1.12 bits per heavy atom. The van der Waals surface area contributed by atoms with Gasteiger partial charge in [0.25, 0.3) is 5.56 Å². The first-order valence-corrected chi connectivity index (χ1v) is 6.06. The van der Waals surface area contributed by atoms with Gasteiger partial charge in [-0.15, -0.1) is 0 Å². The van der Waals surface area contributed by atoms with E-state index in [0.717, 1.165) is 30.2 Å². The smallest absolute Gasteiger partial charge is 0.251 e. The maximum Gasteiger partial charge on any atom is 0.251 e. The molecule has 0 spiro atoms. The first-order chi connectivity index (χ1) is 8.27. The van der Waals surface area contributed by atoms with Crippen molar-refractivity contribution in [1.82, 2.24) is 4.57 Å². The van der Waals surface area contributed by atoms with E-state index >= 15 is 0 Å². The van der Waals surface area contributed by atoms with Crippen LogP contribution < -0.4 is 5.56 Å². The number of pyridine rings is 1. The van der Waals surface area contributed by atoms with Crippen molar-refractivity contribution in [3.8, 4) is 0 Å². The van der Waals surface area contributed by atoms with Crippen LogP contribution in [0.3, 0.4) is 0 Å². The number of aliphatic hydroxyl groups is 1. The van der Waals surface area contributed by atoms with E-state index < -0.39 is 6.10 Å². The van der Waals surface area contributed by atoms with Gasteiger partial charge in [-0.2, -0.15) is 0 Å². The zero-order valence-corrected chi connectivity index (χ0v) is 9.54. The molecule has 88 valence electrons. The van der Waals surface area contributed by atoms with E-state index in [2.05, 4.69) is 0 Å². The topological polar surface area (TPSA) is 42.2 Å². The summed E-state index contributed by atoms with van der Waals surface area (Å²) in [6.45, 7) is 0. The molecule has 1 saturated carbocycles. The summed E-state index contributed by atoms with van der Waals surface area (Å²) < 4.78 is 1.76. The van der Waals surface area contributed by atoms with Crippen LogP contribution >= 0.6 is 0 Å². The van der Waals surface area contributed by atoms with Gasteiger partial charge in [0.2, 0.25) is 0 Å². The van der Waals surface area contributed by atoms with E-state index in [1.54, 1.807) is 10.6 Å². The first kappa shape index (κ1) is 10.5. The van der Waals surface area contributed by atoms with Crippen molar-refractivity contribution >= 4 is 10.9 Å². The van der Waals surface area contributed by atoms with Crippen LogP contribution in [-0.4, -0.2) is 15.8 Å². The van der Waals surface area contributed by atoms with Gasteiger partial charge in [-0.25, -0.2) is 0 Å². The van der Waals surface area contributed by atoms with Crippen LogP contribution in [-0.2, 0) is 0 Å². The second-order valence-electron chi connectivity index (χ2n) is 4.67. The predicted molar refractivity (Wildman–Crippen MR) is 67.1 cm³/mol. The molecule has 0 aliphatic heterocycles. The monoisotopic (exact) mass is 229 g/mol. The van der Waals surface area contributed by atoms with Crippen molar-refractivity contribution in [3.05, 3.63) is 46.8 Å². The molecule has 3 rings (SSSR count). The lowest BCUT2D eigenvalue weighted by atomic mass is 10.1. The largest absolute Gasteiger partial charge is 0.391 e. The summed E-state index contributed by atoms with van der Waals surface area (Å²) >= 11 is 0. The van der Waals surface area contributed by atoms with Crippen molar-refractivity contribution in [2.24, 2.45) is 0 Å². The molecule has 1 aromatic carbocycles. The molecule has 17 heavy (non-hydrogen) atoms. The maximum absolute atomic E-state index is 12.0. The number of rotatable bonds is 1. The normalized spacial score (nSPS) is 24.3. The molecule has 1 N–H and O–H groups in total. The molecule has 3 nitrogen and oxygen atoms in total. The summed E-state index contributed by atoms with van der Waals surface area (Å²) in [4.78, 5) is 12.0. The number of aliphatic hydroxyl groups excluding tert-OH is 1. The van der Waals surface area contributed by atoms with Crippen LogP contribution in [0.4, 0.5) is 0 Å². The lowest BCUT2D eigenvalue weighted by molar-refractivity contribution is 0.137. The van der Waals surface area contributed by atoms with E-state index in [1.807, 2.05) is 30.3 Å². The van der Waals surface area contributed by atoms with Gasteiger partial charge >= 0.3 is 0 Å². The minimum atomic E-state index is -0.390. The van der Waals surface area contributed by atoms with Gasteiger partial charge in [0, 0.05) is 6.07 Å². The number of nitrogens with zero attached hydrogens (tertiary/aromatic N) is 1. The number of benzene rings is 1. The summed E-state index contributed by atoms with van der Waals surface area (Å²) in [6, 6.07) is 11.2. The summed E-state index contributed by atoms with van der Waals surface area (Å²) in [5, 5.41) is 11.0. The highest BCUT2D eigenvalue weighted by Gasteiger charge is 2.28. The number of para-hydroxylation sites is 1. The van der Waals surface area contributed by atoms with Gasteiger partial charge in [-0.05, 0) is 36.8 Å². The fourth-order valence-corrected chi connectivity index (χ4v) is 2.77. The molecule has 0 unspecified atom stereocenters. The van der Waals surface area contributed by atoms with Crippen molar-refractivity contribution in [2.75, 3.05) is 0 Å². The van der Waals surface area contributed by atoms with Crippen molar-refractivity contribution in [3.63, 3.8) is 0 Å². The van der Waals surface area contributed by atoms with Gasteiger partial charge < -0.3 is 9.67 Å². The van der Waals surface area contributed by atoms with Crippen LogP contribution in [0, 0.1) is 0 Å². The van der Waals surface area contributed by atoms with Crippen LogP contribution in [0.25, 0.3) is 10.9 Å². The number of hydrogen-bond acceptors (Lipinski definition) is 2. The molecule has 1 aliphatic carbocycles.